The Morgan fingerprint density at radius 3 is 2.41 bits per heavy atom. The molecule has 2 N–H and O–H groups in total. The molecule has 8 heteroatoms. The smallest absolute Gasteiger partial charge is 0.355 e. The van der Waals surface area contributed by atoms with Crippen molar-refractivity contribution >= 4 is 5.91 Å². The summed E-state index contributed by atoms with van der Waals surface area (Å²) in [6.45, 7) is 1.21. The Kier molecular flexibility index (Phi) is 5.63. The van der Waals surface area contributed by atoms with Gasteiger partial charge in [-0.15, -0.1) is 0 Å². The van der Waals surface area contributed by atoms with Crippen molar-refractivity contribution < 1.29 is 22.5 Å². The van der Waals surface area contributed by atoms with Crippen LogP contribution in [0, 0.1) is 5.92 Å². The molecule has 5 nitrogen and oxygen atoms in total. The van der Waals surface area contributed by atoms with E-state index in [2.05, 4.69) is 15.8 Å². The molecule has 1 aromatic heterocycles. The number of halogens is 3. The van der Waals surface area contributed by atoms with E-state index in [0.717, 1.165) is 44.4 Å². The van der Waals surface area contributed by atoms with Gasteiger partial charge in [-0.3, -0.25) is 4.79 Å². The highest BCUT2D eigenvalue weighted by Gasteiger charge is 2.31. The largest absolute Gasteiger partial charge is 0.416 e. The quantitative estimate of drug-likeness (QED) is 0.708. The van der Waals surface area contributed by atoms with Gasteiger partial charge in [-0.1, -0.05) is 30.1 Å². The van der Waals surface area contributed by atoms with E-state index < -0.39 is 11.7 Å². The Morgan fingerprint density at radius 2 is 1.79 bits per heavy atom. The number of amides is 1. The normalized spacial score (nSPS) is 17.6. The minimum atomic E-state index is -4.40. The first-order valence-electron chi connectivity index (χ1n) is 10.1. The van der Waals surface area contributed by atoms with Crippen LogP contribution in [0.5, 0.6) is 0 Å². The second kappa shape index (κ2) is 8.18. The molecule has 156 valence electrons. The molecular formula is C21H24F3N3O2. The van der Waals surface area contributed by atoms with E-state index in [1.807, 2.05) is 0 Å². The lowest BCUT2D eigenvalue weighted by Gasteiger charge is -2.12. The van der Waals surface area contributed by atoms with Crippen molar-refractivity contribution in [2.24, 2.45) is 5.92 Å². The summed E-state index contributed by atoms with van der Waals surface area (Å²) in [5.74, 6) is 0.695. The molecule has 0 radical (unpaired) electrons. The monoisotopic (exact) mass is 407 g/mol. The summed E-state index contributed by atoms with van der Waals surface area (Å²) < 4.78 is 44.0. The van der Waals surface area contributed by atoms with E-state index >= 15 is 0 Å². The SMILES string of the molecule is O=C(NC1CCCC1)c1noc(-c2ccc(C(F)(F)F)cc2)c1CNCC1CC1. The highest BCUT2D eigenvalue weighted by Crippen LogP contribution is 2.33. The highest BCUT2D eigenvalue weighted by atomic mass is 19.4. The maximum atomic E-state index is 12.9. The predicted molar refractivity (Wildman–Crippen MR) is 101 cm³/mol. The Hall–Kier alpha value is -2.35. The van der Waals surface area contributed by atoms with Gasteiger partial charge in [0.25, 0.3) is 5.91 Å². The second-order valence-corrected chi connectivity index (χ2v) is 7.94. The van der Waals surface area contributed by atoms with Crippen molar-refractivity contribution in [3.05, 3.63) is 41.1 Å². The molecule has 0 bridgehead atoms. The molecule has 2 aliphatic carbocycles. The van der Waals surface area contributed by atoms with Crippen LogP contribution >= 0.6 is 0 Å². The van der Waals surface area contributed by atoms with Gasteiger partial charge in [-0.2, -0.15) is 13.2 Å². The highest BCUT2D eigenvalue weighted by molar-refractivity contribution is 5.95. The summed E-state index contributed by atoms with van der Waals surface area (Å²) in [6, 6.07) is 4.87. The van der Waals surface area contributed by atoms with Gasteiger partial charge in [0.05, 0.1) is 5.56 Å². The van der Waals surface area contributed by atoms with Crippen molar-refractivity contribution in [1.82, 2.24) is 15.8 Å². The Morgan fingerprint density at radius 1 is 1.10 bits per heavy atom. The Labute approximate surface area is 167 Å². The number of nitrogens with zero attached hydrogens (tertiary/aromatic N) is 1. The fourth-order valence-electron chi connectivity index (χ4n) is 3.74. The fraction of sp³-hybridized carbons (Fsp3) is 0.524. The molecule has 0 aliphatic heterocycles. The maximum absolute atomic E-state index is 12.9. The van der Waals surface area contributed by atoms with Crippen molar-refractivity contribution in [3.63, 3.8) is 0 Å². The number of rotatable bonds is 7. The summed E-state index contributed by atoms with van der Waals surface area (Å²) in [4.78, 5) is 12.8. The van der Waals surface area contributed by atoms with Crippen LogP contribution in [0.25, 0.3) is 11.3 Å². The van der Waals surface area contributed by atoms with Gasteiger partial charge in [-0.05, 0) is 50.3 Å². The lowest BCUT2D eigenvalue weighted by Crippen LogP contribution is -2.33. The van der Waals surface area contributed by atoms with Gasteiger partial charge in [0.2, 0.25) is 0 Å². The lowest BCUT2D eigenvalue weighted by molar-refractivity contribution is -0.137. The Balaban J connectivity index is 1.57. The van der Waals surface area contributed by atoms with E-state index in [9.17, 15) is 18.0 Å². The minimum Gasteiger partial charge on any atom is -0.355 e. The predicted octanol–water partition coefficient (Wildman–Crippen LogP) is 4.53. The molecule has 29 heavy (non-hydrogen) atoms. The molecule has 4 rings (SSSR count). The zero-order valence-electron chi connectivity index (χ0n) is 16.0. The fourth-order valence-corrected chi connectivity index (χ4v) is 3.74. The van der Waals surface area contributed by atoms with Crippen molar-refractivity contribution in [2.45, 2.75) is 57.3 Å². The number of aromatic nitrogens is 1. The molecule has 1 aromatic carbocycles. The lowest BCUT2D eigenvalue weighted by atomic mass is 10.0. The summed E-state index contributed by atoms with van der Waals surface area (Å²) in [5.41, 5.74) is 0.526. The topological polar surface area (TPSA) is 67.2 Å². The van der Waals surface area contributed by atoms with Gasteiger partial charge < -0.3 is 15.2 Å². The van der Waals surface area contributed by atoms with Gasteiger partial charge in [0, 0.05) is 23.7 Å². The van der Waals surface area contributed by atoms with E-state index in [-0.39, 0.29) is 17.6 Å². The first-order chi connectivity index (χ1) is 13.9. The van der Waals surface area contributed by atoms with Crippen LogP contribution in [-0.4, -0.2) is 23.7 Å². The first-order valence-corrected chi connectivity index (χ1v) is 10.1. The molecule has 1 amide bonds. The van der Waals surface area contributed by atoms with E-state index in [4.69, 9.17) is 4.52 Å². The van der Waals surface area contributed by atoms with Crippen LogP contribution in [0.1, 0.15) is 60.1 Å². The molecule has 2 aromatic rings. The van der Waals surface area contributed by atoms with Crippen LogP contribution < -0.4 is 10.6 Å². The van der Waals surface area contributed by atoms with Gasteiger partial charge in [0.15, 0.2) is 11.5 Å². The van der Waals surface area contributed by atoms with Crippen LogP contribution in [0.4, 0.5) is 13.2 Å². The molecule has 0 spiro atoms. The second-order valence-electron chi connectivity index (χ2n) is 7.94. The molecule has 1 heterocycles. The molecule has 0 saturated heterocycles. The number of carbonyl (C=O) groups excluding carboxylic acids is 1. The average Bonchev–Trinajstić information content (AvgIpc) is 3.19. The standard InChI is InChI=1S/C21H24F3N3O2/c22-21(23,24)15-9-7-14(8-10-15)19-17(12-25-11-13-5-6-13)18(27-29-19)20(28)26-16-3-1-2-4-16/h7-10,13,16,25H,1-6,11-12H2,(H,26,28). The number of hydrogen-bond acceptors (Lipinski definition) is 4. The van der Waals surface area contributed by atoms with Crippen molar-refractivity contribution in [2.75, 3.05) is 6.54 Å². The number of benzene rings is 1. The van der Waals surface area contributed by atoms with Crippen LogP contribution in [0.2, 0.25) is 0 Å². The number of carbonyl (C=O) groups is 1. The summed E-state index contributed by atoms with van der Waals surface area (Å²) >= 11 is 0. The zero-order valence-corrected chi connectivity index (χ0v) is 16.0. The summed E-state index contributed by atoms with van der Waals surface area (Å²) in [5, 5.41) is 10.3. The van der Waals surface area contributed by atoms with Crippen molar-refractivity contribution in [3.8, 4) is 11.3 Å². The molecule has 2 fully saturated rings. The molecule has 0 unspecified atom stereocenters. The summed E-state index contributed by atoms with van der Waals surface area (Å²) in [6.07, 6.45) is 2.07. The summed E-state index contributed by atoms with van der Waals surface area (Å²) in [7, 11) is 0. The van der Waals surface area contributed by atoms with Gasteiger partial charge >= 0.3 is 6.18 Å². The maximum Gasteiger partial charge on any atom is 0.416 e. The third kappa shape index (κ3) is 4.80. The number of alkyl halides is 3. The van der Waals surface area contributed by atoms with E-state index in [1.54, 1.807) is 0 Å². The van der Waals surface area contributed by atoms with Crippen LogP contribution in [0.3, 0.4) is 0 Å². The van der Waals surface area contributed by atoms with E-state index in [0.29, 0.717) is 29.3 Å². The van der Waals surface area contributed by atoms with Crippen molar-refractivity contribution in [1.29, 1.82) is 0 Å². The van der Waals surface area contributed by atoms with Crippen LogP contribution in [0.15, 0.2) is 28.8 Å². The molecule has 2 aliphatic rings. The van der Waals surface area contributed by atoms with E-state index in [1.165, 1.54) is 25.0 Å². The zero-order chi connectivity index (χ0) is 20.4. The molecular weight excluding hydrogens is 383 g/mol. The van der Waals surface area contributed by atoms with Gasteiger partial charge in [0.1, 0.15) is 0 Å². The van der Waals surface area contributed by atoms with Crippen LogP contribution in [-0.2, 0) is 12.7 Å². The number of hydrogen-bond donors (Lipinski definition) is 2. The Bertz CT molecular complexity index is 851. The van der Waals surface area contributed by atoms with Gasteiger partial charge in [-0.25, -0.2) is 0 Å². The first kappa shape index (κ1) is 19.9. The molecule has 0 atom stereocenters. The number of nitrogens with one attached hydrogen (secondary N) is 2. The third-order valence-corrected chi connectivity index (χ3v) is 5.60. The average molecular weight is 407 g/mol. The molecule has 2 saturated carbocycles. The minimum absolute atomic E-state index is 0.140. The third-order valence-electron chi connectivity index (χ3n) is 5.60.